The molecule has 1 aromatic heterocycles. The highest BCUT2D eigenvalue weighted by molar-refractivity contribution is 5.77. The summed E-state index contributed by atoms with van der Waals surface area (Å²) < 4.78 is 2.14. The molecule has 1 aliphatic heterocycles. The van der Waals surface area contributed by atoms with E-state index >= 15 is 0 Å². The fourth-order valence-electron chi connectivity index (χ4n) is 2.39. The van der Waals surface area contributed by atoms with Gasteiger partial charge in [-0.3, -0.25) is 4.99 Å². The van der Waals surface area contributed by atoms with Gasteiger partial charge in [-0.25, -0.2) is 4.98 Å². The van der Waals surface area contributed by atoms with Crippen molar-refractivity contribution in [2.45, 2.75) is 18.9 Å². The van der Waals surface area contributed by atoms with Crippen LogP contribution in [0.3, 0.4) is 0 Å². The Hall–Kier alpha value is -1.90. The number of dihydropyridines is 1. The van der Waals surface area contributed by atoms with E-state index in [-0.39, 0.29) is 5.54 Å². The van der Waals surface area contributed by atoms with Crippen molar-refractivity contribution in [3.63, 3.8) is 0 Å². The quantitative estimate of drug-likeness (QED) is 0.734. The maximum atomic E-state index is 4.72. The molecule has 0 N–H and O–H groups in total. The van der Waals surface area contributed by atoms with Gasteiger partial charge in [0.15, 0.2) is 0 Å². The molecule has 2 aromatic rings. The summed E-state index contributed by atoms with van der Waals surface area (Å²) in [5.41, 5.74) is 1.96. The Bertz CT molecular complexity index is 621. The second-order valence-corrected chi connectivity index (χ2v) is 4.67. The number of rotatable bonds is 1. The topological polar surface area (TPSA) is 30.2 Å². The van der Waals surface area contributed by atoms with Crippen molar-refractivity contribution in [1.29, 1.82) is 0 Å². The highest BCUT2D eigenvalue weighted by Gasteiger charge is 2.30. The first-order valence-corrected chi connectivity index (χ1v) is 5.83. The van der Waals surface area contributed by atoms with Crippen LogP contribution in [0.4, 0.5) is 0 Å². The van der Waals surface area contributed by atoms with E-state index in [4.69, 9.17) is 4.98 Å². The van der Waals surface area contributed by atoms with E-state index in [0.29, 0.717) is 0 Å². The lowest BCUT2D eigenvalue weighted by atomic mass is 9.95. The molecule has 3 rings (SSSR count). The maximum absolute atomic E-state index is 4.72. The molecule has 1 aromatic carbocycles. The predicted molar refractivity (Wildman–Crippen MR) is 70.3 cm³/mol. The van der Waals surface area contributed by atoms with Crippen molar-refractivity contribution in [3.05, 3.63) is 42.2 Å². The van der Waals surface area contributed by atoms with Gasteiger partial charge in [0, 0.05) is 13.3 Å². The van der Waals surface area contributed by atoms with Crippen LogP contribution in [0.15, 0.2) is 41.4 Å². The van der Waals surface area contributed by atoms with Gasteiger partial charge in [0.2, 0.25) is 0 Å². The van der Waals surface area contributed by atoms with Gasteiger partial charge in [-0.15, -0.1) is 0 Å². The van der Waals surface area contributed by atoms with Crippen LogP contribution < -0.4 is 0 Å². The Morgan fingerprint density at radius 3 is 2.82 bits per heavy atom. The van der Waals surface area contributed by atoms with E-state index in [9.17, 15) is 0 Å². The first-order valence-electron chi connectivity index (χ1n) is 5.83. The number of aryl methyl sites for hydroxylation is 1. The summed E-state index contributed by atoms with van der Waals surface area (Å²) in [6, 6.07) is 8.20. The van der Waals surface area contributed by atoms with Crippen molar-refractivity contribution in [2.24, 2.45) is 12.0 Å². The molecule has 3 heteroatoms. The molecule has 0 amide bonds. The van der Waals surface area contributed by atoms with E-state index in [1.165, 1.54) is 0 Å². The molecule has 1 unspecified atom stereocenters. The zero-order chi connectivity index (χ0) is 11.9. The van der Waals surface area contributed by atoms with E-state index < -0.39 is 0 Å². The Balaban J connectivity index is 2.21. The van der Waals surface area contributed by atoms with Gasteiger partial charge >= 0.3 is 0 Å². The van der Waals surface area contributed by atoms with E-state index in [2.05, 4.69) is 35.7 Å². The number of para-hydroxylation sites is 2. The molecule has 0 saturated heterocycles. The molecule has 0 bridgehead atoms. The molecule has 0 saturated carbocycles. The summed E-state index contributed by atoms with van der Waals surface area (Å²) in [5, 5.41) is 0. The average molecular weight is 225 g/mol. The number of aliphatic imine (C=N–C) groups is 1. The van der Waals surface area contributed by atoms with E-state index in [1.54, 1.807) is 0 Å². The first kappa shape index (κ1) is 10.3. The number of benzene rings is 1. The minimum absolute atomic E-state index is 0.234. The fourth-order valence-corrected chi connectivity index (χ4v) is 2.39. The molecule has 17 heavy (non-hydrogen) atoms. The highest BCUT2D eigenvalue weighted by Crippen LogP contribution is 2.32. The number of imidazole rings is 1. The second-order valence-electron chi connectivity index (χ2n) is 4.67. The number of hydrogen-bond donors (Lipinski definition) is 0. The third-order valence-corrected chi connectivity index (χ3v) is 3.37. The Morgan fingerprint density at radius 2 is 2.12 bits per heavy atom. The minimum atomic E-state index is -0.234. The van der Waals surface area contributed by atoms with Gasteiger partial charge in [-0.1, -0.05) is 18.2 Å². The van der Waals surface area contributed by atoms with Crippen LogP contribution in [0.2, 0.25) is 0 Å². The van der Waals surface area contributed by atoms with Crippen LogP contribution in [-0.4, -0.2) is 15.8 Å². The molecule has 1 atom stereocenters. The van der Waals surface area contributed by atoms with Gasteiger partial charge in [-0.2, -0.15) is 0 Å². The van der Waals surface area contributed by atoms with Crippen LogP contribution in [0.5, 0.6) is 0 Å². The van der Waals surface area contributed by atoms with Crippen LogP contribution in [0, 0.1) is 0 Å². The van der Waals surface area contributed by atoms with E-state index in [1.807, 2.05) is 30.5 Å². The normalized spacial score (nSPS) is 23.4. The van der Waals surface area contributed by atoms with Crippen LogP contribution in [-0.2, 0) is 12.6 Å². The maximum Gasteiger partial charge on any atom is 0.137 e. The molecule has 0 radical (unpaired) electrons. The number of allylic oxidation sites excluding steroid dienone is 1. The van der Waals surface area contributed by atoms with Crippen LogP contribution in [0.1, 0.15) is 19.2 Å². The number of nitrogens with zero attached hydrogens (tertiary/aromatic N) is 3. The molecule has 1 aliphatic rings. The minimum Gasteiger partial charge on any atom is -0.329 e. The smallest absolute Gasteiger partial charge is 0.137 e. The van der Waals surface area contributed by atoms with Gasteiger partial charge in [-0.05, 0) is 31.6 Å². The molecule has 0 aliphatic carbocycles. The molecule has 2 heterocycles. The Labute approximate surface area is 101 Å². The average Bonchev–Trinajstić information content (AvgIpc) is 2.69. The summed E-state index contributed by atoms with van der Waals surface area (Å²) in [6.45, 7) is 2.13. The van der Waals surface area contributed by atoms with Crippen molar-refractivity contribution in [1.82, 2.24) is 9.55 Å². The predicted octanol–water partition coefficient (Wildman–Crippen LogP) is 2.82. The van der Waals surface area contributed by atoms with Gasteiger partial charge < -0.3 is 4.57 Å². The third kappa shape index (κ3) is 1.50. The largest absolute Gasteiger partial charge is 0.329 e. The molecular weight excluding hydrogens is 210 g/mol. The molecule has 3 nitrogen and oxygen atoms in total. The Kier molecular flexibility index (Phi) is 2.15. The summed E-state index contributed by atoms with van der Waals surface area (Å²) in [4.78, 5) is 9.32. The molecule has 0 fully saturated rings. The Morgan fingerprint density at radius 1 is 1.29 bits per heavy atom. The van der Waals surface area contributed by atoms with Crippen LogP contribution >= 0.6 is 0 Å². The molecule has 0 spiro atoms. The van der Waals surface area contributed by atoms with Gasteiger partial charge in [0.05, 0.1) is 11.0 Å². The first-order chi connectivity index (χ1) is 8.21. The lowest BCUT2D eigenvalue weighted by Crippen LogP contribution is -2.24. The van der Waals surface area contributed by atoms with Crippen molar-refractivity contribution in [3.8, 4) is 0 Å². The van der Waals surface area contributed by atoms with Crippen molar-refractivity contribution >= 4 is 17.2 Å². The van der Waals surface area contributed by atoms with Gasteiger partial charge in [0.1, 0.15) is 11.4 Å². The van der Waals surface area contributed by atoms with Gasteiger partial charge in [0.25, 0.3) is 0 Å². The zero-order valence-electron chi connectivity index (χ0n) is 10.1. The number of fused-ring (bicyclic) bond motifs is 1. The number of hydrogen-bond acceptors (Lipinski definition) is 2. The summed E-state index contributed by atoms with van der Waals surface area (Å²) in [6.07, 6.45) is 6.90. The molecule has 86 valence electrons. The van der Waals surface area contributed by atoms with Crippen molar-refractivity contribution in [2.75, 3.05) is 0 Å². The molecular formula is C14H15N3. The third-order valence-electron chi connectivity index (χ3n) is 3.37. The second kappa shape index (κ2) is 3.55. The summed E-state index contributed by atoms with van der Waals surface area (Å²) >= 11 is 0. The zero-order valence-corrected chi connectivity index (χ0v) is 10.1. The lowest BCUT2D eigenvalue weighted by molar-refractivity contribution is 0.457. The highest BCUT2D eigenvalue weighted by atomic mass is 15.1. The van der Waals surface area contributed by atoms with Crippen LogP contribution in [0.25, 0.3) is 11.0 Å². The SMILES string of the molecule is Cn1c(C2(C)CC=CC=N2)nc2ccccc21. The van der Waals surface area contributed by atoms with Crippen molar-refractivity contribution < 1.29 is 0 Å². The standard InChI is InChI=1S/C14H15N3/c1-14(9-5-6-10-15-14)13-16-11-7-3-4-8-12(11)17(13)2/h3-8,10H,9H2,1-2H3. The monoisotopic (exact) mass is 225 g/mol. The fraction of sp³-hybridized carbons (Fsp3) is 0.286. The van der Waals surface area contributed by atoms with E-state index in [0.717, 1.165) is 23.3 Å². The summed E-state index contributed by atoms with van der Waals surface area (Å²) in [5.74, 6) is 1.03. The summed E-state index contributed by atoms with van der Waals surface area (Å²) in [7, 11) is 2.06. The lowest BCUT2D eigenvalue weighted by Gasteiger charge is -2.24. The number of aromatic nitrogens is 2.